The molecule has 29 heavy (non-hydrogen) atoms. The molecule has 9 heteroatoms. The first-order chi connectivity index (χ1) is 14.0. The fourth-order valence-corrected chi connectivity index (χ4v) is 3.67. The molecule has 2 saturated heterocycles. The number of non-ortho nitro benzene ring substituents is 1. The molecule has 9 nitrogen and oxygen atoms in total. The number of carbonyl (C=O) groups is 2. The second-order valence-electron chi connectivity index (χ2n) is 7.49. The molecule has 0 unspecified atom stereocenters. The average molecular weight is 404 g/mol. The lowest BCUT2D eigenvalue weighted by molar-refractivity contribution is -0.384. The Morgan fingerprint density at radius 3 is 2.03 bits per heavy atom. The first kappa shape index (κ1) is 21.0. The first-order valence-electron chi connectivity index (χ1n) is 10.2. The Hall–Kier alpha value is -2.68. The fraction of sp³-hybridized carbons (Fsp3) is 0.600. The van der Waals surface area contributed by atoms with Crippen molar-refractivity contribution < 1.29 is 19.2 Å². The number of likely N-dealkylation sites (tertiary alicyclic amines) is 1. The van der Waals surface area contributed by atoms with Gasteiger partial charge in [-0.3, -0.25) is 24.6 Å². The lowest BCUT2D eigenvalue weighted by Crippen LogP contribution is -2.52. The molecule has 2 aliphatic heterocycles. The standard InChI is InChI=1S/C20H28N4O5/c25-19(22-9-3-1-2-4-10-22)15-21-11-13-23(14-12-21)20(26)16-29-18-7-5-17(6-8-18)24(27)28/h5-8H,1-4,9-16H2. The predicted octanol–water partition coefficient (Wildman–Crippen LogP) is 1.52. The molecule has 2 heterocycles. The number of benzene rings is 1. The minimum absolute atomic E-state index is 0.0190. The summed E-state index contributed by atoms with van der Waals surface area (Å²) < 4.78 is 5.45. The van der Waals surface area contributed by atoms with Gasteiger partial charge >= 0.3 is 0 Å². The molecule has 2 amide bonds. The quantitative estimate of drug-likeness (QED) is 0.527. The Morgan fingerprint density at radius 1 is 0.862 bits per heavy atom. The van der Waals surface area contributed by atoms with Crippen LogP contribution in [0.25, 0.3) is 0 Å². The van der Waals surface area contributed by atoms with Gasteiger partial charge < -0.3 is 14.5 Å². The van der Waals surface area contributed by atoms with E-state index < -0.39 is 4.92 Å². The number of nitro benzene ring substituents is 1. The van der Waals surface area contributed by atoms with E-state index in [4.69, 9.17) is 4.74 Å². The minimum Gasteiger partial charge on any atom is -0.484 e. The van der Waals surface area contributed by atoms with Gasteiger partial charge in [-0.2, -0.15) is 0 Å². The van der Waals surface area contributed by atoms with Gasteiger partial charge in [-0.15, -0.1) is 0 Å². The number of nitrogens with zero attached hydrogens (tertiary/aromatic N) is 4. The smallest absolute Gasteiger partial charge is 0.269 e. The van der Waals surface area contributed by atoms with Crippen LogP contribution >= 0.6 is 0 Å². The molecule has 0 atom stereocenters. The van der Waals surface area contributed by atoms with E-state index in [-0.39, 0.29) is 24.1 Å². The molecule has 1 aromatic rings. The molecular weight excluding hydrogens is 376 g/mol. The highest BCUT2D eigenvalue weighted by Crippen LogP contribution is 2.17. The Balaban J connectivity index is 1.38. The van der Waals surface area contributed by atoms with Gasteiger partial charge in [-0.1, -0.05) is 12.8 Å². The number of amides is 2. The maximum absolute atomic E-state index is 12.5. The third-order valence-corrected chi connectivity index (χ3v) is 5.45. The van der Waals surface area contributed by atoms with Gasteiger partial charge in [0, 0.05) is 51.4 Å². The van der Waals surface area contributed by atoms with E-state index in [0.29, 0.717) is 38.5 Å². The molecule has 158 valence electrons. The van der Waals surface area contributed by atoms with Gasteiger partial charge in [0.25, 0.3) is 11.6 Å². The van der Waals surface area contributed by atoms with Crippen molar-refractivity contribution in [3.8, 4) is 5.75 Å². The van der Waals surface area contributed by atoms with Crippen molar-refractivity contribution in [2.45, 2.75) is 25.7 Å². The number of ether oxygens (including phenoxy) is 1. The average Bonchev–Trinajstić information content (AvgIpc) is 3.02. The summed E-state index contributed by atoms with van der Waals surface area (Å²) in [6.45, 7) is 4.50. The summed E-state index contributed by atoms with van der Waals surface area (Å²) in [5, 5.41) is 10.7. The van der Waals surface area contributed by atoms with Crippen LogP contribution in [-0.2, 0) is 9.59 Å². The third-order valence-electron chi connectivity index (χ3n) is 5.45. The summed E-state index contributed by atoms with van der Waals surface area (Å²) in [7, 11) is 0. The second kappa shape index (κ2) is 10.2. The Bertz CT molecular complexity index is 708. The van der Waals surface area contributed by atoms with E-state index in [1.54, 1.807) is 4.90 Å². The Labute approximate surface area is 170 Å². The monoisotopic (exact) mass is 404 g/mol. The SMILES string of the molecule is O=C(COc1ccc([N+](=O)[O-])cc1)N1CCN(CC(=O)N2CCCCCC2)CC1. The maximum Gasteiger partial charge on any atom is 0.269 e. The van der Waals surface area contributed by atoms with Crippen LogP contribution in [0.5, 0.6) is 5.75 Å². The van der Waals surface area contributed by atoms with E-state index in [2.05, 4.69) is 4.90 Å². The molecule has 0 saturated carbocycles. The number of carbonyl (C=O) groups excluding carboxylic acids is 2. The maximum atomic E-state index is 12.5. The van der Waals surface area contributed by atoms with Gasteiger partial charge in [0.2, 0.25) is 5.91 Å². The number of nitro groups is 1. The van der Waals surface area contributed by atoms with Crippen molar-refractivity contribution in [1.29, 1.82) is 0 Å². The van der Waals surface area contributed by atoms with Crippen LogP contribution in [0.2, 0.25) is 0 Å². The molecule has 0 spiro atoms. The zero-order chi connectivity index (χ0) is 20.6. The van der Waals surface area contributed by atoms with Gasteiger partial charge in [-0.25, -0.2) is 0 Å². The number of piperazine rings is 1. The van der Waals surface area contributed by atoms with Gasteiger partial charge in [0.1, 0.15) is 5.75 Å². The van der Waals surface area contributed by atoms with Crippen molar-refractivity contribution in [3.05, 3.63) is 34.4 Å². The van der Waals surface area contributed by atoms with Crippen LogP contribution in [0.3, 0.4) is 0 Å². The van der Waals surface area contributed by atoms with Crippen molar-refractivity contribution >= 4 is 17.5 Å². The summed E-state index contributed by atoms with van der Waals surface area (Å²) in [5.41, 5.74) is -0.0190. The van der Waals surface area contributed by atoms with Gasteiger partial charge in [0.15, 0.2) is 6.61 Å². The topological polar surface area (TPSA) is 96.2 Å². The van der Waals surface area contributed by atoms with E-state index in [1.165, 1.54) is 37.1 Å². The highest BCUT2D eigenvalue weighted by atomic mass is 16.6. The van der Waals surface area contributed by atoms with Crippen LogP contribution in [0, 0.1) is 10.1 Å². The van der Waals surface area contributed by atoms with Gasteiger partial charge in [-0.05, 0) is 25.0 Å². The van der Waals surface area contributed by atoms with E-state index in [9.17, 15) is 19.7 Å². The first-order valence-corrected chi connectivity index (χ1v) is 10.2. The number of rotatable bonds is 6. The highest BCUT2D eigenvalue weighted by molar-refractivity contribution is 5.79. The molecule has 0 aliphatic carbocycles. The predicted molar refractivity (Wildman–Crippen MR) is 107 cm³/mol. The molecule has 2 aliphatic rings. The summed E-state index contributed by atoms with van der Waals surface area (Å²) >= 11 is 0. The van der Waals surface area contributed by atoms with Crippen molar-refractivity contribution in [3.63, 3.8) is 0 Å². The largest absolute Gasteiger partial charge is 0.484 e. The molecule has 0 radical (unpaired) electrons. The highest BCUT2D eigenvalue weighted by Gasteiger charge is 2.24. The summed E-state index contributed by atoms with van der Waals surface area (Å²) in [6, 6.07) is 5.66. The Kier molecular flexibility index (Phi) is 7.40. The zero-order valence-corrected chi connectivity index (χ0v) is 16.6. The van der Waals surface area contributed by atoms with E-state index in [0.717, 1.165) is 25.9 Å². The Morgan fingerprint density at radius 2 is 1.45 bits per heavy atom. The van der Waals surface area contributed by atoms with Gasteiger partial charge in [0.05, 0.1) is 11.5 Å². The zero-order valence-electron chi connectivity index (χ0n) is 16.6. The van der Waals surface area contributed by atoms with Crippen LogP contribution in [0.1, 0.15) is 25.7 Å². The molecule has 2 fully saturated rings. The van der Waals surface area contributed by atoms with E-state index >= 15 is 0 Å². The lowest BCUT2D eigenvalue weighted by Gasteiger charge is -2.35. The molecule has 0 N–H and O–H groups in total. The second-order valence-corrected chi connectivity index (χ2v) is 7.49. The lowest BCUT2D eigenvalue weighted by atomic mass is 10.2. The number of hydrogen-bond acceptors (Lipinski definition) is 6. The molecule has 1 aromatic carbocycles. The molecule has 0 bridgehead atoms. The molecule has 0 aromatic heterocycles. The van der Waals surface area contributed by atoms with Crippen molar-refractivity contribution in [2.24, 2.45) is 0 Å². The van der Waals surface area contributed by atoms with Crippen LogP contribution < -0.4 is 4.74 Å². The molecule has 3 rings (SSSR count). The summed E-state index contributed by atoms with van der Waals surface area (Å²) in [4.78, 5) is 40.9. The minimum atomic E-state index is -0.480. The fourth-order valence-electron chi connectivity index (χ4n) is 3.67. The van der Waals surface area contributed by atoms with Crippen LogP contribution in [0.15, 0.2) is 24.3 Å². The molecular formula is C20H28N4O5. The summed E-state index contributed by atoms with van der Waals surface area (Å²) in [5.74, 6) is 0.487. The van der Waals surface area contributed by atoms with Crippen LogP contribution in [0.4, 0.5) is 5.69 Å². The number of hydrogen-bond donors (Lipinski definition) is 0. The van der Waals surface area contributed by atoms with Crippen molar-refractivity contribution in [1.82, 2.24) is 14.7 Å². The third kappa shape index (κ3) is 6.15. The van der Waals surface area contributed by atoms with Crippen LogP contribution in [-0.4, -0.2) is 83.9 Å². The van der Waals surface area contributed by atoms with E-state index in [1.807, 2.05) is 4.90 Å². The normalized spacial score (nSPS) is 18.2. The summed E-state index contributed by atoms with van der Waals surface area (Å²) in [6.07, 6.45) is 4.57. The van der Waals surface area contributed by atoms with Crippen molar-refractivity contribution in [2.75, 3.05) is 52.4 Å².